The highest BCUT2D eigenvalue weighted by atomic mass is 32.2. The van der Waals surface area contributed by atoms with E-state index in [-0.39, 0.29) is 0 Å². The van der Waals surface area contributed by atoms with Crippen molar-refractivity contribution in [3.8, 4) is 0 Å². The SMILES string of the molecule is Cc1cn(C)c(NCCc2ccc(NS(C)(=O)=O)cc2)n1. The zero-order valence-electron chi connectivity index (χ0n) is 12.4. The molecule has 0 unspecified atom stereocenters. The highest BCUT2D eigenvalue weighted by Gasteiger charge is 2.03. The monoisotopic (exact) mass is 308 g/mol. The lowest BCUT2D eigenvalue weighted by molar-refractivity contribution is 0.607. The molecule has 1 aromatic carbocycles. The van der Waals surface area contributed by atoms with Crippen molar-refractivity contribution < 1.29 is 8.42 Å². The van der Waals surface area contributed by atoms with Crippen LogP contribution in [0.15, 0.2) is 30.5 Å². The molecule has 21 heavy (non-hydrogen) atoms. The highest BCUT2D eigenvalue weighted by molar-refractivity contribution is 7.92. The summed E-state index contributed by atoms with van der Waals surface area (Å²) in [4.78, 5) is 4.37. The Hall–Kier alpha value is -2.02. The van der Waals surface area contributed by atoms with Gasteiger partial charge in [0.1, 0.15) is 0 Å². The Balaban J connectivity index is 1.88. The van der Waals surface area contributed by atoms with Gasteiger partial charge in [0.2, 0.25) is 16.0 Å². The lowest BCUT2D eigenvalue weighted by Crippen LogP contribution is -2.10. The molecule has 0 atom stereocenters. The molecule has 2 aromatic rings. The molecule has 1 aromatic heterocycles. The summed E-state index contributed by atoms with van der Waals surface area (Å²) >= 11 is 0. The molecular formula is C14H20N4O2S. The maximum atomic E-state index is 11.1. The Kier molecular flexibility index (Phi) is 4.52. The van der Waals surface area contributed by atoms with Gasteiger partial charge in [-0.25, -0.2) is 13.4 Å². The normalized spacial score (nSPS) is 11.4. The van der Waals surface area contributed by atoms with Gasteiger partial charge in [0.05, 0.1) is 11.9 Å². The number of aryl methyl sites for hydroxylation is 2. The van der Waals surface area contributed by atoms with Crippen molar-refractivity contribution in [1.82, 2.24) is 9.55 Å². The molecule has 0 radical (unpaired) electrons. The first-order valence-electron chi connectivity index (χ1n) is 6.64. The van der Waals surface area contributed by atoms with Crippen LogP contribution in [0.3, 0.4) is 0 Å². The van der Waals surface area contributed by atoms with Crippen LogP contribution in [0.2, 0.25) is 0 Å². The molecule has 1 heterocycles. The molecule has 7 heteroatoms. The number of hydrogen-bond donors (Lipinski definition) is 2. The van der Waals surface area contributed by atoms with Gasteiger partial charge >= 0.3 is 0 Å². The van der Waals surface area contributed by atoms with Crippen LogP contribution < -0.4 is 10.0 Å². The molecule has 0 aliphatic carbocycles. The Morgan fingerprint density at radius 1 is 1.24 bits per heavy atom. The Morgan fingerprint density at radius 3 is 2.43 bits per heavy atom. The first-order valence-corrected chi connectivity index (χ1v) is 8.53. The van der Waals surface area contributed by atoms with Gasteiger partial charge < -0.3 is 9.88 Å². The summed E-state index contributed by atoms with van der Waals surface area (Å²) in [5.74, 6) is 0.850. The largest absolute Gasteiger partial charge is 0.355 e. The minimum Gasteiger partial charge on any atom is -0.355 e. The first-order chi connectivity index (χ1) is 9.83. The lowest BCUT2D eigenvalue weighted by atomic mass is 10.1. The minimum absolute atomic E-state index is 0.578. The number of aromatic nitrogens is 2. The maximum Gasteiger partial charge on any atom is 0.229 e. The van der Waals surface area contributed by atoms with Crippen LogP contribution in [0.4, 0.5) is 11.6 Å². The third kappa shape index (κ3) is 4.78. The predicted molar refractivity (Wildman–Crippen MR) is 85.0 cm³/mol. The fourth-order valence-electron chi connectivity index (χ4n) is 2.05. The van der Waals surface area contributed by atoms with Gasteiger partial charge in [-0.1, -0.05) is 12.1 Å². The fraction of sp³-hybridized carbons (Fsp3) is 0.357. The van der Waals surface area contributed by atoms with Crippen molar-refractivity contribution in [2.45, 2.75) is 13.3 Å². The van der Waals surface area contributed by atoms with Gasteiger partial charge in [0.25, 0.3) is 0 Å². The highest BCUT2D eigenvalue weighted by Crippen LogP contribution is 2.12. The number of benzene rings is 1. The van der Waals surface area contributed by atoms with Gasteiger partial charge in [-0.05, 0) is 31.0 Å². The molecule has 0 aliphatic heterocycles. The second kappa shape index (κ2) is 6.17. The molecule has 0 fully saturated rings. The Labute approximate surface area is 125 Å². The van der Waals surface area contributed by atoms with Gasteiger partial charge in [-0.3, -0.25) is 4.72 Å². The average Bonchev–Trinajstić information content (AvgIpc) is 2.68. The number of imidazole rings is 1. The quantitative estimate of drug-likeness (QED) is 0.852. The summed E-state index contributed by atoms with van der Waals surface area (Å²) in [6, 6.07) is 7.36. The summed E-state index contributed by atoms with van der Waals surface area (Å²) in [5.41, 5.74) is 2.69. The molecule has 6 nitrogen and oxygen atoms in total. The fourth-order valence-corrected chi connectivity index (χ4v) is 2.62. The van der Waals surface area contributed by atoms with Gasteiger partial charge in [-0.2, -0.15) is 0 Å². The van der Waals surface area contributed by atoms with Crippen LogP contribution in [0, 0.1) is 6.92 Å². The molecule has 114 valence electrons. The summed E-state index contributed by atoms with van der Waals surface area (Å²) in [5, 5.41) is 3.28. The molecule has 0 saturated carbocycles. The van der Waals surface area contributed by atoms with Crippen molar-refractivity contribution in [1.29, 1.82) is 0 Å². The van der Waals surface area contributed by atoms with Gasteiger partial charge in [-0.15, -0.1) is 0 Å². The first kappa shape index (κ1) is 15.4. The van der Waals surface area contributed by atoms with E-state index in [9.17, 15) is 8.42 Å². The zero-order valence-corrected chi connectivity index (χ0v) is 13.2. The Bertz CT molecular complexity index is 705. The van der Waals surface area contributed by atoms with E-state index in [2.05, 4.69) is 15.0 Å². The van der Waals surface area contributed by atoms with E-state index in [1.54, 1.807) is 12.1 Å². The molecule has 2 N–H and O–H groups in total. The van der Waals surface area contributed by atoms with Crippen LogP contribution >= 0.6 is 0 Å². The minimum atomic E-state index is -3.22. The molecule has 0 amide bonds. The number of nitrogens with one attached hydrogen (secondary N) is 2. The lowest BCUT2D eigenvalue weighted by Gasteiger charge is -2.07. The van der Waals surface area contributed by atoms with Crippen molar-refractivity contribution >= 4 is 21.7 Å². The van der Waals surface area contributed by atoms with Crippen LogP contribution in [0.1, 0.15) is 11.3 Å². The van der Waals surface area contributed by atoms with E-state index in [1.165, 1.54) is 0 Å². The third-order valence-corrected chi connectivity index (χ3v) is 3.56. The standard InChI is InChI=1S/C14H20N4O2S/c1-11-10-18(2)14(16-11)15-9-8-12-4-6-13(7-5-12)17-21(3,19)20/h4-7,10,17H,8-9H2,1-3H3,(H,15,16). The second-order valence-corrected chi connectivity index (χ2v) is 6.81. The summed E-state index contributed by atoms with van der Waals surface area (Å²) < 4.78 is 26.6. The average molecular weight is 308 g/mol. The molecule has 0 aliphatic rings. The van der Waals surface area contributed by atoms with Crippen LogP contribution in [-0.2, 0) is 23.5 Å². The van der Waals surface area contributed by atoms with E-state index < -0.39 is 10.0 Å². The second-order valence-electron chi connectivity index (χ2n) is 5.06. The number of sulfonamides is 1. The number of hydrogen-bond acceptors (Lipinski definition) is 4. The summed E-state index contributed by atoms with van der Waals surface area (Å²) in [6.07, 6.45) is 3.94. The van der Waals surface area contributed by atoms with Crippen molar-refractivity contribution in [3.05, 3.63) is 41.7 Å². The summed E-state index contributed by atoms with van der Waals surface area (Å²) in [6.45, 7) is 2.72. The van der Waals surface area contributed by atoms with E-state index in [4.69, 9.17) is 0 Å². The van der Waals surface area contributed by atoms with Crippen molar-refractivity contribution in [2.24, 2.45) is 7.05 Å². The van der Waals surface area contributed by atoms with Crippen LogP contribution in [0.5, 0.6) is 0 Å². The summed E-state index contributed by atoms with van der Waals surface area (Å²) in [7, 11) is -1.27. The maximum absolute atomic E-state index is 11.1. The van der Waals surface area contributed by atoms with E-state index >= 15 is 0 Å². The van der Waals surface area contributed by atoms with Crippen molar-refractivity contribution in [3.63, 3.8) is 0 Å². The number of rotatable bonds is 6. The molecule has 0 bridgehead atoms. The zero-order chi connectivity index (χ0) is 15.5. The topological polar surface area (TPSA) is 76.0 Å². The van der Waals surface area contributed by atoms with Gasteiger partial charge in [0.15, 0.2) is 0 Å². The smallest absolute Gasteiger partial charge is 0.229 e. The third-order valence-electron chi connectivity index (χ3n) is 2.95. The van der Waals surface area contributed by atoms with E-state index in [0.29, 0.717) is 5.69 Å². The van der Waals surface area contributed by atoms with E-state index in [1.807, 2.05) is 36.9 Å². The molecule has 0 saturated heterocycles. The predicted octanol–water partition coefficient (Wildman–Crippen LogP) is 1.75. The van der Waals surface area contributed by atoms with Gasteiger partial charge in [0, 0.05) is 25.5 Å². The van der Waals surface area contributed by atoms with E-state index in [0.717, 1.165) is 36.4 Å². The van der Waals surface area contributed by atoms with Crippen LogP contribution in [0.25, 0.3) is 0 Å². The van der Waals surface area contributed by atoms with Crippen molar-refractivity contribution in [2.75, 3.05) is 22.8 Å². The van der Waals surface area contributed by atoms with Crippen LogP contribution in [-0.4, -0.2) is 30.8 Å². The Morgan fingerprint density at radius 2 is 1.90 bits per heavy atom. The number of anilines is 2. The molecular weight excluding hydrogens is 288 g/mol. The molecule has 0 spiro atoms. The number of nitrogens with zero attached hydrogens (tertiary/aromatic N) is 2. The molecule has 2 rings (SSSR count).